The highest BCUT2D eigenvalue weighted by molar-refractivity contribution is 6.42. The largest absolute Gasteiger partial charge is 0.495 e. The third-order valence-corrected chi connectivity index (χ3v) is 5.58. The van der Waals surface area contributed by atoms with E-state index in [0.29, 0.717) is 16.5 Å². The lowest BCUT2D eigenvalue weighted by Gasteiger charge is -2.36. The molecule has 0 bridgehead atoms. The third kappa shape index (κ3) is 4.63. The zero-order chi connectivity index (χ0) is 18.5. The van der Waals surface area contributed by atoms with Gasteiger partial charge in [0.25, 0.3) is 0 Å². The number of methoxy groups -OCH3 is 1. The summed E-state index contributed by atoms with van der Waals surface area (Å²) in [6.45, 7) is 4.67. The van der Waals surface area contributed by atoms with Crippen molar-refractivity contribution in [3.63, 3.8) is 0 Å². The topological polar surface area (TPSA) is 35.9 Å². The maximum absolute atomic E-state index is 10.4. The quantitative estimate of drug-likeness (QED) is 0.794. The number of ether oxygens (including phenoxy) is 1. The molecule has 0 spiro atoms. The highest BCUT2D eigenvalue weighted by Gasteiger charge is 2.20. The Kier molecular flexibility index (Phi) is 6.65. The molecule has 0 aliphatic carbocycles. The van der Waals surface area contributed by atoms with E-state index in [9.17, 15) is 5.11 Å². The zero-order valence-electron chi connectivity index (χ0n) is 14.9. The van der Waals surface area contributed by atoms with Gasteiger partial charge in [-0.05, 0) is 36.2 Å². The van der Waals surface area contributed by atoms with E-state index in [1.54, 1.807) is 19.2 Å². The average molecular weight is 395 g/mol. The smallest absolute Gasteiger partial charge is 0.142 e. The minimum absolute atomic E-state index is 0.480. The van der Waals surface area contributed by atoms with Crippen LogP contribution < -0.4 is 9.64 Å². The van der Waals surface area contributed by atoms with Gasteiger partial charge in [-0.3, -0.25) is 4.90 Å². The van der Waals surface area contributed by atoms with Crippen LogP contribution in [-0.2, 0) is 0 Å². The molecule has 0 amide bonds. The Morgan fingerprint density at radius 1 is 1.04 bits per heavy atom. The molecule has 2 aromatic carbocycles. The second kappa shape index (κ2) is 8.96. The number of benzene rings is 2. The van der Waals surface area contributed by atoms with Crippen molar-refractivity contribution in [3.05, 3.63) is 58.1 Å². The Hall–Kier alpha value is -1.46. The van der Waals surface area contributed by atoms with Crippen LogP contribution in [0.3, 0.4) is 0 Å². The summed E-state index contributed by atoms with van der Waals surface area (Å²) in [5.74, 6) is 0.913. The van der Waals surface area contributed by atoms with Gasteiger partial charge in [0.15, 0.2) is 0 Å². The lowest BCUT2D eigenvalue weighted by molar-refractivity contribution is 0.139. The van der Waals surface area contributed by atoms with Crippen LogP contribution in [0.25, 0.3) is 0 Å². The summed E-state index contributed by atoms with van der Waals surface area (Å²) in [5, 5.41) is 11.4. The number of para-hydroxylation sites is 2. The van der Waals surface area contributed by atoms with E-state index in [0.717, 1.165) is 49.7 Å². The normalized spacial score (nSPS) is 16.5. The average Bonchev–Trinajstić information content (AvgIpc) is 2.68. The molecule has 1 heterocycles. The van der Waals surface area contributed by atoms with E-state index < -0.39 is 6.10 Å². The van der Waals surface area contributed by atoms with Gasteiger partial charge in [0.2, 0.25) is 0 Å². The van der Waals surface area contributed by atoms with Crippen molar-refractivity contribution in [1.29, 1.82) is 0 Å². The summed E-state index contributed by atoms with van der Waals surface area (Å²) < 4.78 is 5.46. The van der Waals surface area contributed by atoms with Crippen molar-refractivity contribution in [1.82, 2.24) is 4.90 Å². The number of halogens is 2. The standard InChI is InChI=1S/C20H24Cl2N2O2/c1-26-20-5-3-2-4-18(20)24-12-10-23(11-13-24)9-8-19(25)15-6-7-16(21)17(22)14-15/h2-7,14,19,25H,8-13H2,1H3. The summed E-state index contributed by atoms with van der Waals surface area (Å²) in [6, 6.07) is 13.4. The van der Waals surface area contributed by atoms with Gasteiger partial charge in [-0.25, -0.2) is 0 Å². The van der Waals surface area contributed by atoms with Crippen molar-refractivity contribution in [2.75, 3.05) is 44.7 Å². The van der Waals surface area contributed by atoms with Crippen molar-refractivity contribution in [3.8, 4) is 5.75 Å². The molecule has 26 heavy (non-hydrogen) atoms. The van der Waals surface area contributed by atoms with Crippen LogP contribution in [0, 0.1) is 0 Å². The maximum Gasteiger partial charge on any atom is 0.142 e. The van der Waals surface area contributed by atoms with Crippen LogP contribution in [0.2, 0.25) is 10.0 Å². The number of piperazine rings is 1. The molecule has 4 nitrogen and oxygen atoms in total. The Morgan fingerprint density at radius 2 is 1.77 bits per heavy atom. The number of hydrogen-bond donors (Lipinski definition) is 1. The monoisotopic (exact) mass is 394 g/mol. The van der Waals surface area contributed by atoms with Gasteiger partial charge in [-0.2, -0.15) is 0 Å². The minimum Gasteiger partial charge on any atom is -0.495 e. The summed E-state index contributed by atoms with van der Waals surface area (Å²) in [4.78, 5) is 4.73. The van der Waals surface area contributed by atoms with Crippen LogP contribution in [0.15, 0.2) is 42.5 Å². The summed E-state index contributed by atoms with van der Waals surface area (Å²) >= 11 is 12.0. The molecule has 1 aliphatic rings. The molecule has 2 aromatic rings. The second-order valence-corrected chi connectivity index (χ2v) is 7.29. The first-order valence-corrected chi connectivity index (χ1v) is 9.57. The number of anilines is 1. The molecular weight excluding hydrogens is 371 g/mol. The minimum atomic E-state index is -0.531. The van der Waals surface area contributed by atoms with Crippen molar-refractivity contribution in [2.24, 2.45) is 0 Å². The van der Waals surface area contributed by atoms with Crippen molar-refractivity contribution < 1.29 is 9.84 Å². The number of rotatable bonds is 6. The van der Waals surface area contributed by atoms with Gasteiger partial charge in [-0.1, -0.05) is 41.4 Å². The SMILES string of the molecule is COc1ccccc1N1CCN(CCC(O)c2ccc(Cl)c(Cl)c2)CC1. The number of nitrogens with zero attached hydrogens (tertiary/aromatic N) is 2. The predicted molar refractivity (Wildman–Crippen MR) is 108 cm³/mol. The van der Waals surface area contributed by atoms with E-state index in [-0.39, 0.29) is 0 Å². The Labute approximate surface area is 164 Å². The highest BCUT2D eigenvalue weighted by atomic mass is 35.5. The van der Waals surface area contributed by atoms with E-state index in [1.165, 1.54) is 0 Å². The summed E-state index contributed by atoms with van der Waals surface area (Å²) in [5.41, 5.74) is 1.96. The van der Waals surface area contributed by atoms with E-state index in [4.69, 9.17) is 27.9 Å². The molecule has 1 unspecified atom stereocenters. The van der Waals surface area contributed by atoms with Crippen LogP contribution >= 0.6 is 23.2 Å². The molecule has 0 aromatic heterocycles. The van der Waals surface area contributed by atoms with Crippen LogP contribution in [0.4, 0.5) is 5.69 Å². The Bertz CT molecular complexity index is 734. The molecule has 0 saturated carbocycles. The van der Waals surface area contributed by atoms with Gasteiger partial charge in [0.1, 0.15) is 5.75 Å². The lowest BCUT2D eigenvalue weighted by Crippen LogP contribution is -2.46. The molecule has 6 heteroatoms. The number of hydrogen-bond acceptors (Lipinski definition) is 4. The molecule has 1 aliphatic heterocycles. The highest BCUT2D eigenvalue weighted by Crippen LogP contribution is 2.29. The molecule has 1 N–H and O–H groups in total. The first-order valence-electron chi connectivity index (χ1n) is 8.82. The van der Waals surface area contributed by atoms with Crippen LogP contribution in [0.1, 0.15) is 18.1 Å². The molecule has 140 valence electrons. The van der Waals surface area contributed by atoms with Gasteiger partial charge in [0, 0.05) is 32.7 Å². The predicted octanol–water partition coefficient (Wildman–Crippen LogP) is 4.25. The van der Waals surface area contributed by atoms with Crippen LogP contribution in [0.5, 0.6) is 5.75 Å². The van der Waals surface area contributed by atoms with Crippen molar-refractivity contribution >= 4 is 28.9 Å². The summed E-state index contributed by atoms with van der Waals surface area (Å²) in [6.07, 6.45) is 0.143. The molecule has 1 atom stereocenters. The van der Waals surface area contributed by atoms with E-state index in [1.807, 2.05) is 24.3 Å². The fourth-order valence-corrected chi connectivity index (χ4v) is 3.60. The van der Waals surface area contributed by atoms with Crippen molar-refractivity contribution in [2.45, 2.75) is 12.5 Å². The Morgan fingerprint density at radius 3 is 2.46 bits per heavy atom. The molecule has 0 radical (unpaired) electrons. The fraction of sp³-hybridized carbons (Fsp3) is 0.400. The first-order chi connectivity index (χ1) is 12.6. The molecule has 3 rings (SSSR count). The van der Waals surface area contributed by atoms with Gasteiger partial charge >= 0.3 is 0 Å². The lowest BCUT2D eigenvalue weighted by atomic mass is 10.1. The van der Waals surface area contributed by atoms with Crippen LogP contribution in [-0.4, -0.2) is 49.8 Å². The molecule has 1 saturated heterocycles. The summed E-state index contributed by atoms with van der Waals surface area (Å²) in [7, 11) is 1.71. The van der Waals surface area contributed by atoms with Gasteiger partial charge in [-0.15, -0.1) is 0 Å². The zero-order valence-corrected chi connectivity index (χ0v) is 16.4. The fourth-order valence-electron chi connectivity index (χ4n) is 3.29. The van der Waals surface area contributed by atoms with E-state index in [2.05, 4.69) is 15.9 Å². The van der Waals surface area contributed by atoms with E-state index >= 15 is 0 Å². The maximum atomic E-state index is 10.4. The first kappa shape index (κ1) is 19.3. The number of aliphatic hydroxyl groups is 1. The number of aliphatic hydroxyl groups excluding tert-OH is 1. The van der Waals surface area contributed by atoms with Gasteiger partial charge in [0.05, 0.1) is 28.9 Å². The molecule has 1 fully saturated rings. The van der Waals surface area contributed by atoms with Gasteiger partial charge < -0.3 is 14.7 Å². The second-order valence-electron chi connectivity index (χ2n) is 6.48. The third-order valence-electron chi connectivity index (χ3n) is 4.85. The Balaban J connectivity index is 1.50. The molecular formula is C20H24Cl2N2O2.